The van der Waals surface area contributed by atoms with Crippen molar-refractivity contribution in [2.45, 2.75) is 37.9 Å². The third-order valence-electron chi connectivity index (χ3n) is 4.06. The summed E-state index contributed by atoms with van der Waals surface area (Å²) in [6.45, 7) is 3.28. The summed E-state index contributed by atoms with van der Waals surface area (Å²) in [5, 5.41) is 3.59. The van der Waals surface area contributed by atoms with Crippen molar-refractivity contribution in [1.82, 2.24) is 10.2 Å². The molecule has 2 aliphatic heterocycles. The average molecular weight is 234 g/mol. The van der Waals surface area contributed by atoms with Crippen molar-refractivity contribution >= 4 is 0 Å². The van der Waals surface area contributed by atoms with Gasteiger partial charge in [0.2, 0.25) is 0 Å². The van der Waals surface area contributed by atoms with E-state index in [0.717, 1.165) is 18.2 Å². The van der Waals surface area contributed by atoms with Gasteiger partial charge in [-0.2, -0.15) is 0 Å². The molecule has 1 aromatic rings. The first-order valence-corrected chi connectivity index (χ1v) is 6.55. The van der Waals surface area contributed by atoms with E-state index in [4.69, 9.17) is 0 Å². The molecule has 2 saturated heterocycles. The van der Waals surface area contributed by atoms with Crippen molar-refractivity contribution in [3.8, 4) is 0 Å². The van der Waals surface area contributed by atoms with Crippen molar-refractivity contribution in [2.75, 3.05) is 13.1 Å². The van der Waals surface area contributed by atoms with Crippen LogP contribution in [0.1, 0.15) is 24.8 Å². The fraction of sp³-hybridized carbons (Fsp3) is 0.571. The fourth-order valence-electron chi connectivity index (χ4n) is 3.22. The van der Waals surface area contributed by atoms with Gasteiger partial charge in [0.15, 0.2) is 0 Å². The minimum atomic E-state index is -0.141. The normalized spacial score (nSPS) is 28.5. The van der Waals surface area contributed by atoms with E-state index in [1.807, 2.05) is 6.07 Å². The molecule has 0 amide bonds. The summed E-state index contributed by atoms with van der Waals surface area (Å²) in [7, 11) is 0. The van der Waals surface area contributed by atoms with Crippen LogP contribution in [0.2, 0.25) is 0 Å². The van der Waals surface area contributed by atoms with Gasteiger partial charge in [0.25, 0.3) is 0 Å². The molecule has 0 saturated carbocycles. The number of fused-ring (bicyclic) bond motifs is 1. The first-order chi connectivity index (χ1) is 8.33. The van der Waals surface area contributed by atoms with Crippen molar-refractivity contribution < 1.29 is 4.39 Å². The minimum absolute atomic E-state index is 0.141. The van der Waals surface area contributed by atoms with Crippen LogP contribution in [0.4, 0.5) is 4.39 Å². The predicted octanol–water partition coefficient (Wildman–Crippen LogP) is 2.15. The number of hydrogen-bond donors (Lipinski definition) is 1. The number of benzene rings is 1. The molecule has 2 nitrogen and oxygen atoms in total. The second-order valence-corrected chi connectivity index (χ2v) is 5.15. The van der Waals surface area contributed by atoms with Gasteiger partial charge in [-0.3, -0.25) is 4.90 Å². The van der Waals surface area contributed by atoms with Crippen molar-refractivity contribution in [3.63, 3.8) is 0 Å². The van der Waals surface area contributed by atoms with Crippen LogP contribution in [0, 0.1) is 5.82 Å². The molecule has 0 spiro atoms. The van der Waals surface area contributed by atoms with E-state index in [1.165, 1.54) is 38.4 Å². The van der Waals surface area contributed by atoms with Gasteiger partial charge in [-0.1, -0.05) is 12.1 Å². The summed E-state index contributed by atoms with van der Waals surface area (Å²) in [5.41, 5.74) is 1.04. The fourth-order valence-corrected chi connectivity index (χ4v) is 3.22. The van der Waals surface area contributed by atoms with E-state index in [9.17, 15) is 4.39 Å². The maximum atomic E-state index is 13.0. The molecule has 92 valence electrons. The Labute approximate surface area is 102 Å². The van der Waals surface area contributed by atoms with E-state index in [2.05, 4.69) is 10.2 Å². The molecule has 0 aliphatic carbocycles. The molecule has 0 bridgehead atoms. The summed E-state index contributed by atoms with van der Waals surface area (Å²) in [4.78, 5) is 2.59. The quantitative estimate of drug-likeness (QED) is 0.862. The van der Waals surface area contributed by atoms with Crippen LogP contribution < -0.4 is 5.32 Å². The number of halogens is 1. The maximum Gasteiger partial charge on any atom is 0.123 e. The zero-order valence-electron chi connectivity index (χ0n) is 10.0. The summed E-state index contributed by atoms with van der Waals surface area (Å²) in [6, 6.07) is 8.20. The number of nitrogens with zero attached hydrogens (tertiary/aromatic N) is 1. The Hall–Kier alpha value is -0.930. The van der Waals surface area contributed by atoms with Crippen LogP contribution in [0.15, 0.2) is 24.3 Å². The molecule has 2 unspecified atom stereocenters. The van der Waals surface area contributed by atoms with Crippen LogP contribution in [0.5, 0.6) is 0 Å². The molecular formula is C14H19FN2. The van der Waals surface area contributed by atoms with Gasteiger partial charge in [0, 0.05) is 25.2 Å². The van der Waals surface area contributed by atoms with Gasteiger partial charge in [-0.15, -0.1) is 0 Å². The highest BCUT2D eigenvalue weighted by Crippen LogP contribution is 2.28. The lowest BCUT2D eigenvalue weighted by atomic mass is 10.1. The molecule has 0 radical (unpaired) electrons. The molecule has 2 heterocycles. The minimum Gasteiger partial charge on any atom is -0.308 e. The first kappa shape index (κ1) is 11.2. The lowest BCUT2D eigenvalue weighted by molar-refractivity contribution is 0.298. The Morgan fingerprint density at radius 1 is 1.29 bits per heavy atom. The second kappa shape index (κ2) is 4.75. The van der Waals surface area contributed by atoms with E-state index >= 15 is 0 Å². The lowest BCUT2D eigenvalue weighted by Gasteiger charge is -2.21. The Balaban J connectivity index is 1.57. The van der Waals surface area contributed by atoms with Gasteiger partial charge in [-0.25, -0.2) is 4.39 Å². The summed E-state index contributed by atoms with van der Waals surface area (Å²) in [5.74, 6) is -0.141. The molecule has 3 rings (SSSR count). The standard InChI is InChI=1S/C14H19FN2/c15-12-4-1-3-11(9-12)10-16-13-6-8-17-7-2-5-14(13)17/h1,3-4,9,13-14,16H,2,5-8,10H2. The lowest BCUT2D eigenvalue weighted by Crippen LogP contribution is -2.38. The van der Waals surface area contributed by atoms with Gasteiger partial charge < -0.3 is 5.32 Å². The topological polar surface area (TPSA) is 15.3 Å². The Morgan fingerprint density at radius 3 is 3.12 bits per heavy atom. The van der Waals surface area contributed by atoms with E-state index in [-0.39, 0.29) is 5.82 Å². The number of nitrogens with one attached hydrogen (secondary N) is 1. The van der Waals surface area contributed by atoms with Gasteiger partial charge in [0.1, 0.15) is 5.82 Å². The zero-order chi connectivity index (χ0) is 11.7. The van der Waals surface area contributed by atoms with Crippen LogP contribution in [0.25, 0.3) is 0 Å². The monoisotopic (exact) mass is 234 g/mol. The number of rotatable bonds is 3. The number of hydrogen-bond acceptors (Lipinski definition) is 2. The Bertz CT molecular complexity index is 394. The largest absolute Gasteiger partial charge is 0.308 e. The molecule has 1 N–H and O–H groups in total. The second-order valence-electron chi connectivity index (χ2n) is 5.15. The highest BCUT2D eigenvalue weighted by atomic mass is 19.1. The Morgan fingerprint density at radius 2 is 2.24 bits per heavy atom. The van der Waals surface area contributed by atoms with Crippen LogP contribution >= 0.6 is 0 Å². The highest BCUT2D eigenvalue weighted by Gasteiger charge is 2.36. The van der Waals surface area contributed by atoms with Gasteiger partial charge in [-0.05, 0) is 43.5 Å². The SMILES string of the molecule is Fc1cccc(CNC2CCN3CCCC23)c1. The predicted molar refractivity (Wildman–Crippen MR) is 66.2 cm³/mol. The molecule has 1 aromatic carbocycles. The molecule has 0 aromatic heterocycles. The molecule has 2 fully saturated rings. The van der Waals surface area contributed by atoms with Gasteiger partial charge in [0.05, 0.1) is 0 Å². The van der Waals surface area contributed by atoms with Crippen LogP contribution in [0.3, 0.4) is 0 Å². The van der Waals surface area contributed by atoms with Crippen LogP contribution in [-0.4, -0.2) is 30.1 Å². The highest BCUT2D eigenvalue weighted by molar-refractivity contribution is 5.16. The van der Waals surface area contributed by atoms with E-state index in [1.54, 1.807) is 12.1 Å². The molecular weight excluding hydrogens is 215 g/mol. The molecule has 3 heteroatoms. The molecule has 2 atom stereocenters. The van der Waals surface area contributed by atoms with Crippen LogP contribution in [-0.2, 0) is 6.54 Å². The van der Waals surface area contributed by atoms with Crippen molar-refractivity contribution in [3.05, 3.63) is 35.6 Å². The zero-order valence-corrected chi connectivity index (χ0v) is 10.0. The smallest absolute Gasteiger partial charge is 0.123 e. The van der Waals surface area contributed by atoms with Crippen molar-refractivity contribution in [1.29, 1.82) is 0 Å². The third-order valence-corrected chi connectivity index (χ3v) is 4.06. The van der Waals surface area contributed by atoms with E-state index in [0.29, 0.717) is 6.04 Å². The summed E-state index contributed by atoms with van der Waals surface area (Å²) < 4.78 is 13.0. The average Bonchev–Trinajstić information content (AvgIpc) is 2.89. The maximum absolute atomic E-state index is 13.0. The molecule has 2 aliphatic rings. The molecule has 17 heavy (non-hydrogen) atoms. The Kier molecular flexibility index (Phi) is 3.12. The summed E-state index contributed by atoms with van der Waals surface area (Å²) >= 11 is 0. The van der Waals surface area contributed by atoms with E-state index < -0.39 is 0 Å². The third kappa shape index (κ3) is 2.35. The van der Waals surface area contributed by atoms with Gasteiger partial charge >= 0.3 is 0 Å². The first-order valence-electron chi connectivity index (χ1n) is 6.55. The summed E-state index contributed by atoms with van der Waals surface area (Å²) in [6.07, 6.45) is 3.89. The van der Waals surface area contributed by atoms with Crippen molar-refractivity contribution in [2.24, 2.45) is 0 Å².